The summed E-state index contributed by atoms with van der Waals surface area (Å²) in [5.74, 6) is 0.936. The summed E-state index contributed by atoms with van der Waals surface area (Å²) in [5, 5.41) is 2.98. The summed E-state index contributed by atoms with van der Waals surface area (Å²) in [6, 6.07) is 1.80. The molecule has 0 aliphatic heterocycles. The van der Waals surface area contributed by atoms with Crippen molar-refractivity contribution < 1.29 is 9.21 Å². The van der Waals surface area contributed by atoms with Gasteiger partial charge in [0, 0.05) is 6.04 Å². The van der Waals surface area contributed by atoms with Crippen molar-refractivity contribution in [1.82, 2.24) is 5.32 Å². The van der Waals surface area contributed by atoms with Crippen molar-refractivity contribution in [3.63, 3.8) is 0 Å². The van der Waals surface area contributed by atoms with Gasteiger partial charge in [0.05, 0.1) is 11.8 Å². The molecular formula is C12H20N2O2. The molecule has 1 amide bonds. The van der Waals surface area contributed by atoms with E-state index in [2.05, 4.69) is 19.2 Å². The van der Waals surface area contributed by atoms with Crippen LogP contribution in [0.15, 0.2) is 16.7 Å². The molecule has 1 aromatic rings. The third kappa shape index (κ3) is 3.10. The molecule has 16 heavy (non-hydrogen) atoms. The minimum absolute atomic E-state index is 0.0848. The zero-order chi connectivity index (χ0) is 12.1. The molecule has 1 rings (SSSR count). The van der Waals surface area contributed by atoms with Gasteiger partial charge < -0.3 is 15.5 Å². The Bertz CT molecular complexity index is 345. The molecule has 3 N–H and O–H groups in total. The monoisotopic (exact) mass is 224 g/mol. The Morgan fingerprint density at radius 2 is 2.25 bits per heavy atom. The summed E-state index contributed by atoms with van der Waals surface area (Å²) in [7, 11) is 0. The Morgan fingerprint density at radius 1 is 1.56 bits per heavy atom. The van der Waals surface area contributed by atoms with Gasteiger partial charge in [0.25, 0.3) is 5.91 Å². The standard InChI is InChI=1S/C12H20N2O2/c1-8(2)11(4-6-13)14-12(15)10-5-7-16-9(10)3/h5,7-8,11H,4,6,13H2,1-3H3,(H,14,15). The van der Waals surface area contributed by atoms with Gasteiger partial charge in [0.1, 0.15) is 5.76 Å². The number of amides is 1. The first kappa shape index (κ1) is 12.8. The second-order valence-corrected chi connectivity index (χ2v) is 4.29. The van der Waals surface area contributed by atoms with Crippen LogP contribution in [-0.4, -0.2) is 18.5 Å². The Balaban J connectivity index is 2.65. The number of hydrogen-bond donors (Lipinski definition) is 2. The molecule has 4 nitrogen and oxygen atoms in total. The maximum Gasteiger partial charge on any atom is 0.255 e. The van der Waals surface area contributed by atoms with E-state index in [0.29, 0.717) is 23.8 Å². The molecule has 0 aliphatic rings. The molecule has 1 heterocycles. The number of carbonyl (C=O) groups is 1. The minimum Gasteiger partial charge on any atom is -0.469 e. The molecule has 0 bridgehead atoms. The van der Waals surface area contributed by atoms with E-state index in [-0.39, 0.29) is 11.9 Å². The average molecular weight is 224 g/mol. The third-order valence-electron chi connectivity index (χ3n) is 2.70. The average Bonchev–Trinajstić information content (AvgIpc) is 2.63. The first-order valence-corrected chi connectivity index (χ1v) is 5.61. The molecule has 0 saturated carbocycles. The predicted molar refractivity (Wildman–Crippen MR) is 63.2 cm³/mol. The van der Waals surface area contributed by atoms with Crippen LogP contribution in [0.2, 0.25) is 0 Å². The fourth-order valence-corrected chi connectivity index (χ4v) is 1.62. The van der Waals surface area contributed by atoms with E-state index in [4.69, 9.17) is 10.2 Å². The van der Waals surface area contributed by atoms with Crippen LogP contribution in [0, 0.1) is 12.8 Å². The van der Waals surface area contributed by atoms with Crippen LogP contribution in [0.1, 0.15) is 36.4 Å². The molecule has 0 radical (unpaired) electrons. The van der Waals surface area contributed by atoms with Gasteiger partial charge in [-0.2, -0.15) is 0 Å². The van der Waals surface area contributed by atoms with Crippen LogP contribution in [0.3, 0.4) is 0 Å². The topological polar surface area (TPSA) is 68.3 Å². The van der Waals surface area contributed by atoms with E-state index in [1.54, 1.807) is 13.0 Å². The number of nitrogens with two attached hydrogens (primary N) is 1. The van der Waals surface area contributed by atoms with Crippen molar-refractivity contribution in [3.8, 4) is 0 Å². The molecule has 0 spiro atoms. The van der Waals surface area contributed by atoms with Crippen molar-refractivity contribution in [2.24, 2.45) is 11.7 Å². The Morgan fingerprint density at radius 3 is 2.69 bits per heavy atom. The van der Waals surface area contributed by atoms with Gasteiger partial charge >= 0.3 is 0 Å². The zero-order valence-electron chi connectivity index (χ0n) is 10.1. The number of carbonyl (C=O) groups excluding carboxylic acids is 1. The second-order valence-electron chi connectivity index (χ2n) is 4.29. The van der Waals surface area contributed by atoms with E-state index < -0.39 is 0 Å². The highest BCUT2D eigenvalue weighted by Crippen LogP contribution is 2.11. The van der Waals surface area contributed by atoms with E-state index in [1.165, 1.54) is 6.26 Å². The van der Waals surface area contributed by atoms with Gasteiger partial charge in [-0.1, -0.05) is 13.8 Å². The van der Waals surface area contributed by atoms with Gasteiger partial charge in [0.2, 0.25) is 0 Å². The number of aryl methyl sites for hydroxylation is 1. The molecule has 90 valence electrons. The Hall–Kier alpha value is -1.29. The van der Waals surface area contributed by atoms with Gasteiger partial charge in [-0.15, -0.1) is 0 Å². The molecule has 0 aromatic carbocycles. The lowest BCUT2D eigenvalue weighted by atomic mass is 10.0. The summed E-state index contributed by atoms with van der Waals surface area (Å²) in [5.41, 5.74) is 6.12. The Labute approximate surface area is 96.2 Å². The highest BCUT2D eigenvalue weighted by Gasteiger charge is 2.18. The van der Waals surface area contributed by atoms with Crippen molar-refractivity contribution >= 4 is 5.91 Å². The Kier molecular flexibility index (Phi) is 4.55. The summed E-state index contributed by atoms with van der Waals surface area (Å²) in [6.07, 6.45) is 2.32. The van der Waals surface area contributed by atoms with Gasteiger partial charge in [0.15, 0.2) is 0 Å². The summed E-state index contributed by atoms with van der Waals surface area (Å²) in [4.78, 5) is 11.9. The number of hydrogen-bond acceptors (Lipinski definition) is 3. The zero-order valence-corrected chi connectivity index (χ0v) is 10.1. The molecule has 0 aliphatic carbocycles. The molecule has 0 fully saturated rings. The maximum atomic E-state index is 11.9. The molecule has 1 atom stereocenters. The maximum absolute atomic E-state index is 11.9. The van der Waals surface area contributed by atoms with E-state index in [1.807, 2.05) is 0 Å². The fraction of sp³-hybridized carbons (Fsp3) is 0.583. The summed E-state index contributed by atoms with van der Waals surface area (Å²) >= 11 is 0. The first-order valence-electron chi connectivity index (χ1n) is 5.61. The van der Waals surface area contributed by atoms with Crippen LogP contribution < -0.4 is 11.1 Å². The van der Waals surface area contributed by atoms with Crippen molar-refractivity contribution in [2.45, 2.75) is 33.2 Å². The van der Waals surface area contributed by atoms with Gasteiger partial charge in [-0.3, -0.25) is 4.79 Å². The molecular weight excluding hydrogens is 204 g/mol. The highest BCUT2D eigenvalue weighted by molar-refractivity contribution is 5.95. The molecule has 1 unspecified atom stereocenters. The number of nitrogens with one attached hydrogen (secondary N) is 1. The fourth-order valence-electron chi connectivity index (χ4n) is 1.62. The lowest BCUT2D eigenvalue weighted by molar-refractivity contribution is 0.0922. The summed E-state index contributed by atoms with van der Waals surface area (Å²) < 4.78 is 5.10. The van der Waals surface area contributed by atoms with Crippen LogP contribution in [-0.2, 0) is 0 Å². The number of rotatable bonds is 5. The summed E-state index contributed by atoms with van der Waals surface area (Å²) in [6.45, 7) is 6.50. The SMILES string of the molecule is Cc1occc1C(=O)NC(CCN)C(C)C. The van der Waals surface area contributed by atoms with E-state index in [9.17, 15) is 4.79 Å². The van der Waals surface area contributed by atoms with Gasteiger partial charge in [-0.25, -0.2) is 0 Å². The largest absolute Gasteiger partial charge is 0.469 e. The van der Waals surface area contributed by atoms with Crippen LogP contribution in [0.5, 0.6) is 0 Å². The smallest absolute Gasteiger partial charge is 0.255 e. The lowest BCUT2D eigenvalue weighted by Crippen LogP contribution is -2.40. The van der Waals surface area contributed by atoms with Crippen LogP contribution >= 0.6 is 0 Å². The highest BCUT2D eigenvalue weighted by atomic mass is 16.3. The molecule has 4 heteroatoms. The second kappa shape index (κ2) is 5.70. The quantitative estimate of drug-likeness (QED) is 0.799. The van der Waals surface area contributed by atoms with Crippen LogP contribution in [0.25, 0.3) is 0 Å². The normalized spacial score (nSPS) is 12.8. The van der Waals surface area contributed by atoms with Crippen molar-refractivity contribution in [3.05, 3.63) is 23.7 Å². The van der Waals surface area contributed by atoms with Crippen molar-refractivity contribution in [1.29, 1.82) is 0 Å². The van der Waals surface area contributed by atoms with Crippen LogP contribution in [0.4, 0.5) is 0 Å². The van der Waals surface area contributed by atoms with E-state index in [0.717, 1.165) is 6.42 Å². The third-order valence-corrected chi connectivity index (χ3v) is 2.70. The van der Waals surface area contributed by atoms with Crippen molar-refractivity contribution in [2.75, 3.05) is 6.54 Å². The molecule has 1 aromatic heterocycles. The van der Waals surface area contributed by atoms with Gasteiger partial charge in [-0.05, 0) is 31.9 Å². The first-order chi connectivity index (χ1) is 7.56. The molecule has 0 saturated heterocycles. The predicted octanol–water partition coefficient (Wildman–Crippen LogP) is 1.69. The minimum atomic E-state index is -0.0848. The number of furan rings is 1. The lowest BCUT2D eigenvalue weighted by Gasteiger charge is -2.21. The van der Waals surface area contributed by atoms with E-state index >= 15 is 0 Å².